The van der Waals surface area contributed by atoms with E-state index in [-0.39, 0.29) is 11.9 Å². The van der Waals surface area contributed by atoms with Crippen LogP contribution in [0.3, 0.4) is 0 Å². The normalized spacial score (nSPS) is 12.7. The van der Waals surface area contributed by atoms with Gasteiger partial charge in [0.15, 0.2) is 0 Å². The van der Waals surface area contributed by atoms with Gasteiger partial charge in [0.25, 0.3) is 0 Å². The van der Waals surface area contributed by atoms with Crippen LogP contribution in [0.5, 0.6) is 0 Å². The van der Waals surface area contributed by atoms with Gasteiger partial charge in [-0.3, -0.25) is 0 Å². The van der Waals surface area contributed by atoms with Crippen molar-refractivity contribution in [1.29, 1.82) is 0 Å². The number of halogens is 1. The fraction of sp³-hybridized carbons (Fsp3) is 0.357. The van der Waals surface area contributed by atoms with Gasteiger partial charge in [-0.05, 0) is 38.1 Å². The Morgan fingerprint density at radius 1 is 1.44 bits per heavy atom. The summed E-state index contributed by atoms with van der Waals surface area (Å²) in [7, 11) is 0. The summed E-state index contributed by atoms with van der Waals surface area (Å²) in [6, 6.07) is 5.51. The van der Waals surface area contributed by atoms with Gasteiger partial charge in [-0.1, -0.05) is 13.0 Å². The minimum absolute atomic E-state index is 0.202. The molecule has 0 spiro atoms. The molecule has 1 aromatic heterocycles. The van der Waals surface area contributed by atoms with Gasteiger partial charge < -0.3 is 5.32 Å². The maximum Gasteiger partial charge on any atom is 0.133 e. The first kappa shape index (κ1) is 13.2. The quantitative estimate of drug-likeness (QED) is 0.905. The van der Waals surface area contributed by atoms with Crippen LogP contribution in [0.1, 0.15) is 30.3 Å². The lowest BCUT2D eigenvalue weighted by Gasteiger charge is -2.08. The van der Waals surface area contributed by atoms with E-state index in [0.717, 1.165) is 22.0 Å². The summed E-state index contributed by atoms with van der Waals surface area (Å²) >= 11 is 1.54. The average molecular weight is 264 g/mol. The third-order valence-electron chi connectivity index (χ3n) is 2.82. The molecule has 2 aromatic rings. The van der Waals surface area contributed by atoms with Crippen LogP contribution in [-0.4, -0.2) is 11.5 Å². The number of benzene rings is 1. The van der Waals surface area contributed by atoms with Gasteiger partial charge >= 0.3 is 0 Å². The lowest BCUT2D eigenvalue weighted by molar-refractivity contribution is 0.606. The highest BCUT2D eigenvalue weighted by molar-refractivity contribution is 7.15. The molecule has 1 atom stereocenters. The van der Waals surface area contributed by atoms with E-state index in [1.807, 2.05) is 19.2 Å². The number of nitrogens with one attached hydrogen (secondary N) is 1. The molecule has 0 bridgehead atoms. The highest BCUT2D eigenvalue weighted by Gasteiger charge is 2.12. The van der Waals surface area contributed by atoms with Crippen LogP contribution >= 0.6 is 11.3 Å². The van der Waals surface area contributed by atoms with E-state index in [1.165, 1.54) is 0 Å². The number of nitrogens with zero attached hydrogens (tertiary/aromatic N) is 1. The zero-order chi connectivity index (χ0) is 13.1. The number of aryl methyl sites for hydroxylation is 1. The Balaban J connectivity index is 2.29. The molecule has 1 aromatic carbocycles. The van der Waals surface area contributed by atoms with E-state index < -0.39 is 0 Å². The van der Waals surface area contributed by atoms with E-state index in [1.54, 1.807) is 23.5 Å². The molecule has 0 aliphatic rings. The second-order valence-corrected chi connectivity index (χ2v) is 5.39. The van der Waals surface area contributed by atoms with Crippen LogP contribution in [0.15, 0.2) is 24.4 Å². The number of hydrogen-bond donors (Lipinski definition) is 1. The molecule has 0 radical (unpaired) electrons. The molecule has 18 heavy (non-hydrogen) atoms. The number of thiazole rings is 1. The van der Waals surface area contributed by atoms with E-state index in [4.69, 9.17) is 0 Å². The molecule has 1 unspecified atom stereocenters. The highest BCUT2D eigenvalue weighted by Crippen LogP contribution is 2.30. The van der Waals surface area contributed by atoms with Crippen LogP contribution in [0.4, 0.5) is 4.39 Å². The van der Waals surface area contributed by atoms with Gasteiger partial charge in [-0.25, -0.2) is 9.37 Å². The third-order valence-corrected chi connectivity index (χ3v) is 4.03. The molecule has 0 aliphatic heterocycles. The first-order valence-corrected chi connectivity index (χ1v) is 6.89. The number of aromatic nitrogens is 1. The molecule has 0 saturated carbocycles. The van der Waals surface area contributed by atoms with Crippen molar-refractivity contribution in [3.63, 3.8) is 0 Å². The Bertz CT molecular complexity index is 536. The first-order chi connectivity index (χ1) is 8.61. The molecule has 96 valence electrons. The predicted molar refractivity (Wildman–Crippen MR) is 74.3 cm³/mol. The fourth-order valence-electron chi connectivity index (χ4n) is 1.81. The zero-order valence-electron chi connectivity index (χ0n) is 10.8. The molecular weight excluding hydrogens is 247 g/mol. The van der Waals surface area contributed by atoms with Gasteiger partial charge in [0.1, 0.15) is 10.8 Å². The first-order valence-electron chi connectivity index (χ1n) is 6.07. The van der Waals surface area contributed by atoms with Crippen LogP contribution in [-0.2, 0) is 0 Å². The van der Waals surface area contributed by atoms with Crippen molar-refractivity contribution >= 4 is 11.3 Å². The van der Waals surface area contributed by atoms with Crippen LogP contribution in [0.25, 0.3) is 10.6 Å². The summed E-state index contributed by atoms with van der Waals surface area (Å²) in [6.07, 6.45) is 1.83. The minimum atomic E-state index is -0.202. The molecule has 2 nitrogen and oxygen atoms in total. The predicted octanol–water partition coefficient (Wildman–Crippen LogP) is 3.93. The molecular formula is C14H17FN2S. The summed E-state index contributed by atoms with van der Waals surface area (Å²) < 4.78 is 13.8. The monoisotopic (exact) mass is 264 g/mol. The topological polar surface area (TPSA) is 24.9 Å². The molecule has 0 aliphatic carbocycles. The van der Waals surface area contributed by atoms with Crippen molar-refractivity contribution in [1.82, 2.24) is 10.3 Å². The number of hydrogen-bond acceptors (Lipinski definition) is 3. The summed E-state index contributed by atoms with van der Waals surface area (Å²) in [6.45, 7) is 6.95. The van der Waals surface area contributed by atoms with Gasteiger partial charge in [-0.2, -0.15) is 0 Å². The lowest BCUT2D eigenvalue weighted by Crippen LogP contribution is -2.16. The van der Waals surface area contributed by atoms with Gasteiger partial charge in [0.05, 0.1) is 0 Å². The minimum Gasteiger partial charge on any atom is -0.310 e. The van der Waals surface area contributed by atoms with E-state index in [9.17, 15) is 4.39 Å². The van der Waals surface area contributed by atoms with Gasteiger partial charge in [0, 0.05) is 22.7 Å². The van der Waals surface area contributed by atoms with Crippen LogP contribution in [0, 0.1) is 12.7 Å². The molecule has 4 heteroatoms. The Morgan fingerprint density at radius 3 is 2.89 bits per heavy atom. The van der Waals surface area contributed by atoms with Gasteiger partial charge in [-0.15, -0.1) is 11.3 Å². The SMILES string of the molecule is CCNC(C)c1cnc(-c2ccc(C)cc2F)s1. The summed E-state index contributed by atoms with van der Waals surface area (Å²) in [5, 5.41) is 4.07. The van der Waals surface area contributed by atoms with Gasteiger partial charge in [0.2, 0.25) is 0 Å². The van der Waals surface area contributed by atoms with E-state index >= 15 is 0 Å². The van der Waals surface area contributed by atoms with Crippen molar-refractivity contribution in [2.24, 2.45) is 0 Å². The fourth-order valence-corrected chi connectivity index (χ4v) is 2.78. The Morgan fingerprint density at radius 2 is 2.22 bits per heavy atom. The summed E-state index contributed by atoms with van der Waals surface area (Å²) in [5.41, 5.74) is 1.51. The smallest absolute Gasteiger partial charge is 0.133 e. The molecule has 0 amide bonds. The second kappa shape index (κ2) is 5.59. The zero-order valence-corrected chi connectivity index (χ0v) is 11.6. The average Bonchev–Trinajstić information content (AvgIpc) is 2.78. The highest BCUT2D eigenvalue weighted by atomic mass is 32.1. The second-order valence-electron chi connectivity index (χ2n) is 4.33. The van der Waals surface area contributed by atoms with Crippen molar-refractivity contribution in [3.05, 3.63) is 40.7 Å². The van der Waals surface area contributed by atoms with Crippen molar-refractivity contribution in [3.8, 4) is 10.6 Å². The molecule has 1 N–H and O–H groups in total. The largest absolute Gasteiger partial charge is 0.310 e. The Kier molecular flexibility index (Phi) is 4.09. The summed E-state index contributed by atoms with van der Waals surface area (Å²) in [5.74, 6) is -0.202. The van der Waals surface area contributed by atoms with E-state index in [0.29, 0.717) is 5.56 Å². The molecule has 0 fully saturated rings. The van der Waals surface area contributed by atoms with E-state index in [2.05, 4.69) is 24.1 Å². The standard InChI is InChI=1S/C14H17FN2S/c1-4-16-10(3)13-8-17-14(18-13)11-6-5-9(2)7-12(11)15/h5-8,10,16H,4H2,1-3H3. The third kappa shape index (κ3) is 2.76. The maximum absolute atomic E-state index is 13.8. The van der Waals surface area contributed by atoms with Crippen molar-refractivity contribution in [2.75, 3.05) is 6.54 Å². The van der Waals surface area contributed by atoms with Crippen molar-refractivity contribution in [2.45, 2.75) is 26.8 Å². The van der Waals surface area contributed by atoms with Crippen LogP contribution < -0.4 is 5.32 Å². The Labute approximate surface area is 111 Å². The Hall–Kier alpha value is -1.26. The lowest BCUT2D eigenvalue weighted by atomic mass is 10.1. The molecule has 0 saturated heterocycles. The van der Waals surface area contributed by atoms with Crippen molar-refractivity contribution < 1.29 is 4.39 Å². The summed E-state index contributed by atoms with van der Waals surface area (Å²) in [4.78, 5) is 5.45. The molecule has 1 heterocycles. The number of rotatable bonds is 4. The van der Waals surface area contributed by atoms with Crippen LogP contribution in [0.2, 0.25) is 0 Å². The maximum atomic E-state index is 13.8. The molecule has 2 rings (SSSR count).